The number of hydrazone groups is 1. The first-order chi connectivity index (χ1) is 17.4. The van der Waals surface area contributed by atoms with Crippen LogP contribution in [0.1, 0.15) is 31.8 Å². The number of aryl methyl sites for hydroxylation is 1. The van der Waals surface area contributed by atoms with Crippen LogP contribution in [-0.4, -0.2) is 30.5 Å². The van der Waals surface area contributed by atoms with E-state index in [-0.39, 0.29) is 28.8 Å². The van der Waals surface area contributed by atoms with E-state index in [9.17, 15) is 14.4 Å². The van der Waals surface area contributed by atoms with Gasteiger partial charge in [-0.1, -0.05) is 71.8 Å². The Kier molecular flexibility index (Phi) is 7.72. The summed E-state index contributed by atoms with van der Waals surface area (Å²) in [5, 5.41) is 8.52. The predicted octanol–water partition coefficient (Wildman–Crippen LogP) is 4.90. The number of carbonyl (C=O) groups excluding carboxylic acids is 3. The quantitative estimate of drug-likeness (QED) is 0.163. The summed E-state index contributed by atoms with van der Waals surface area (Å²) in [7, 11) is 0. The Balaban J connectivity index is 1.48. The number of nitrogens with zero attached hydrogens (tertiary/aromatic N) is 1. The Labute approximate surface area is 212 Å². The van der Waals surface area contributed by atoms with E-state index in [4.69, 9.17) is 16.3 Å². The molecule has 0 aromatic heterocycles. The molecule has 36 heavy (non-hydrogen) atoms. The average Bonchev–Trinajstić information content (AvgIpc) is 2.88. The monoisotopic (exact) mass is 499 g/mol. The van der Waals surface area contributed by atoms with Gasteiger partial charge in [-0.25, -0.2) is 10.2 Å². The summed E-state index contributed by atoms with van der Waals surface area (Å²) in [6.45, 7) is 1.62. The second-order valence-electron chi connectivity index (χ2n) is 7.91. The van der Waals surface area contributed by atoms with Gasteiger partial charge >= 0.3 is 5.97 Å². The largest absolute Gasteiger partial charge is 0.422 e. The third-order valence-electron chi connectivity index (χ3n) is 5.30. The molecule has 0 heterocycles. The Morgan fingerprint density at radius 2 is 1.72 bits per heavy atom. The molecule has 0 saturated heterocycles. The lowest BCUT2D eigenvalue weighted by Gasteiger charge is -2.11. The maximum atomic E-state index is 12.7. The van der Waals surface area contributed by atoms with Crippen molar-refractivity contribution in [3.8, 4) is 5.75 Å². The van der Waals surface area contributed by atoms with Gasteiger partial charge in [0.1, 0.15) is 5.75 Å². The molecule has 4 aromatic rings. The minimum absolute atomic E-state index is 0.230. The van der Waals surface area contributed by atoms with E-state index in [0.29, 0.717) is 11.1 Å². The first kappa shape index (κ1) is 24.6. The van der Waals surface area contributed by atoms with E-state index < -0.39 is 11.9 Å². The predicted molar refractivity (Wildman–Crippen MR) is 140 cm³/mol. The van der Waals surface area contributed by atoms with E-state index in [1.807, 2.05) is 43.3 Å². The molecule has 180 valence electrons. The Bertz CT molecular complexity index is 1480. The summed E-state index contributed by atoms with van der Waals surface area (Å²) >= 11 is 6.13. The number of benzene rings is 4. The molecule has 0 spiro atoms. The van der Waals surface area contributed by atoms with Crippen molar-refractivity contribution in [2.45, 2.75) is 6.92 Å². The zero-order valence-electron chi connectivity index (χ0n) is 19.3. The highest BCUT2D eigenvalue weighted by atomic mass is 35.5. The molecule has 0 atom stereocenters. The van der Waals surface area contributed by atoms with Gasteiger partial charge in [-0.15, -0.1) is 0 Å². The van der Waals surface area contributed by atoms with Crippen LogP contribution in [0.4, 0.5) is 0 Å². The number of hydrogen-bond acceptors (Lipinski definition) is 5. The topological polar surface area (TPSA) is 96.9 Å². The molecule has 2 N–H and O–H groups in total. The van der Waals surface area contributed by atoms with Crippen LogP contribution in [0.3, 0.4) is 0 Å². The molecule has 7 nitrogen and oxygen atoms in total. The van der Waals surface area contributed by atoms with Crippen LogP contribution in [-0.2, 0) is 4.79 Å². The summed E-state index contributed by atoms with van der Waals surface area (Å²) in [6, 6.07) is 24.6. The lowest BCUT2D eigenvalue weighted by molar-refractivity contribution is -0.120. The summed E-state index contributed by atoms with van der Waals surface area (Å²) in [5.74, 6) is -1.24. The van der Waals surface area contributed by atoms with Gasteiger partial charge in [0.25, 0.3) is 11.8 Å². The lowest BCUT2D eigenvalue weighted by atomic mass is 10.0. The molecule has 2 amide bonds. The highest BCUT2D eigenvalue weighted by molar-refractivity contribution is 6.33. The second kappa shape index (κ2) is 11.3. The van der Waals surface area contributed by atoms with Crippen LogP contribution in [0.2, 0.25) is 5.02 Å². The van der Waals surface area contributed by atoms with Crippen LogP contribution in [0.25, 0.3) is 10.8 Å². The smallest absolute Gasteiger partial charge is 0.345 e. The van der Waals surface area contributed by atoms with Gasteiger partial charge in [0, 0.05) is 11.1 Å². The summed E-state index contributed by atoms with van der Waals surface area (Å²) in [4.78, 5) is 37.2. The van der Waals surface area contributed by atoms with Crippen molar-refractivity contribution in [1.82, 2.24) is 10.7 Å². The fraction of sp³-hybridized carbons (Fsp3) is 0.0714. The van der Waals surface area contributed by atoms with Crippen molar-refractivity contribution in [3.63, 3.8) is 0 Å². The number of rotatable bonds is 7. The van der Waals surface area contributed by atoms with Crippen molar-refractivity contribution < 1.29 is 19.1 Å². The number of esters is 1. The van der Waals surface area contributed by atoms with E-state index >= 15 is 0 Å². The molecule has 0 radical (unpaired) electrons. The molecule has 0 aliphatic heterocycles. The number of fused-ring (bicyclic) bond motifs is 1. The number of amides is 2. The molecule has 0 unspecified atom stereocenters. The SMILES string of the molecule is Cc1cccc(C(=O)NCC(=O)N/N=C/c2c(OC(=O)c3ccccc3Cl)ccc3ccccc23)c1. The van der Waals surface area contributed by atoms with Gasteiger partial charge in [-0.3, -0.25) is 9.59 Å². The van der Waals surface area contributed by atoms with Crippen LogP contribution in [0, 0.1) is 6.92 Å². The molecule has 0 fully saturated rings. The molecule has 8 heteroatoms. The van der Waals surface area contributed by atoms with Crippen molar-refractivity contribution in [2.24, 2.45) is 5.10 Å². The Hall–Kier alpha value is -4.49. The van der Waals surface area contributed by atoms with Crippen molar-refractivity contribution in [3.05, 3.63) is 112 Å². The number of carbonyl (C=O) groups is 3. The van der Waals surface area contributed by atoms with Gasteiger partial charge < -0.3 is 10.1 Å². The summed E-state index contributed by atoms with van der Waals surface area (Å²) in [6.07, 6.45) is 1.40. The summed E-state index contributed by atoms with van der Waals surface area (Å²) in [5.41, 5.74) is 4.52. The lowest BCUT2D eigenvalue weighted by Crippen LogP contribution is -2.34. The Morgan fingerprint density at radius 3 is 2.53 bits per heavy atom. The molecular weight excluding hydrogens is 478 g/mol. The third kappa shape index (κ3) is 5.95. The van der Waals surface area contributed by atoms with E-state index in [0.717, 1.165) is 16.3 Å². The zero-order valence-corrected chi connectivity index (χ0v) is 20.1. The maximum Gasteiger partial charge on any atom is 0.345 e. The second-order valence-corrected chi connectivity index (χ2v) is 8.32. The van der Waals surface area contributed by atoms with Crippen LogP contribution in [0.5, 0.6) is 5.75 Å². The van der Waals surface area contributed by atoms with Crippen LogP contribution < -0.4 is 15.5 Å². The van der Waals surface area contributed by atoms with Gasteiger partial charge in [-0.05, 0) is 48.0 Å². The maximum absolute atomic E-state index is 12.7. The molecule has 0 bridgehead atoms. The first-order valence-corrected chi connectivity index (χ1v) is 11.5. The van der Waals surface area contributed by atoms with Crippen LogP contribution >= 0.6 is 11.6 Å². The fourth-order valence-corrected chi connectivity index (χ4v) is 3.75. The van der Waals surface area contributed by atoms with Crippen molar-refractivity contribution >= 4 is 46.4 Å². The van der Waals surface area contributed by atoms with E-state index in [1.165, 1.54) is 6.21 Å². The van der Waals surface area contributed by atoms with Gasteiger partial charge in [0.2, 0.25) is 0 Å². The highest BCUT2D eigenvalue weighted by Gasteiger charge is 2.16. The summed E-state index contributed by atoms with van der Waals surface area (Å²) < 4.78 is 5.63. The van der Waals surface area contributed by atoms with E-state index in [2.05, 4.69) is 15.8 Å². The highest BCUT2D eigenvalue weighted by Crippen LogP contribution is 2.28. The number of nitrogens with one attached hydrogen (secondary N) is 2. The fourth-order valence-electron chi connectivity index (χ4n) is 3.54. The molecule has 0 saturated carbocycles. The Morgan fingerprint density at radius 1 is 0.944 bits per heavy atom. The van der Waals surface area contributed by atoms with Crippen molar-refractivity contribution in [1.29, 1.82) is 0 Å². The molecular formula is C28H22ClN3O4. The van der Waals surface area contributed by atoms with Crippen molar-refractivity contribution in [2.75, 3.05) is 6.54 Å². The standard InChI is InChI=1S/C28H22ClN3O4/c1-18-7-6-9-20(15-18)27(34)30-17-26(33)32-31-16-23-21-10-3-2-8-19(21)13-14-25(23)36-28(35)22-11-4-5-12-24(22)29/h2-16H,17H2,1H3,(H,30,34)(H,32,33)/b31-16+. The minimum atomic E-state index is -0.617. The number of hydrogen-bond donors (Lipinski definition) is 2. The van der Waals surface area contributed by atoms with Gasteiger partial charge in [-0.2, -0.15) is 5.10 Å². The normalized spacial score (nSPS) is 10.8. The number of ether oxygens (including phenoxy) is 1. The molecule has 4 rings (SSSR count). The van der Waals surface area contributed by atoms with Gasteiger partial charge in [0.05, 0.1) is 23.3 Å². The number of halogens is 1. The zero-order chi connectivity index (χ0) is 25.5. The van der Waals surface area contributed by atoms with Gasteiger partial charge in [0.15, 0.2) is 0 Å². The molecule has 4 aromatic carbocycles. The first-order valence-electron chi connectivity index (χ1n) is 11.1. The average molecular weight is 500 g/mol. The molecule has 0 aliphatic carbocycles. The third-order valence-corrected chi connectivity index (χ3v) is 5.63. The van der Waals surface area contributed by atoms with E-state index in [1.54, 1.807) is 48.5 Å². The van der Waals surface area contributed by atoms with Crippen LogP contribution in [0.15, 0.2) is 90.0 Å². The molecule has 0 aliphatic rings. The minimum Gasteiger partial charge on any atom is -0.422 e.